The van der Waals surface area contributed by atoms with Crippen molar-refractivity contribution in [2.45, 2.75) is 25.9 Å². The van der Waals surface area contributed by atoms with E-state index in [1.54, 1.807) is 49.4 Å². The van der Waals surface area contributed by atoms with Crippen molar-refractivity contribution in [2.24, 2.45) is 0 Å². The highest BCUT2D eigenvalue weighted by molar-refractivity contribution is 7.92. The standard InChI is InChI=1S/C22H27Cl2N3O5S/c1-5-20(22(29)25-2)26(13-15-6-7-16(23)12-19(15)24)21(28)14-27(33(4,30)31)17-8-10-18(32-3)11-9-17/h6-12,20H,5,13-14H2,1-4H3,(H,25,29)/t20-/m0/s1. The van der Waals surface area contributed by atoms with Crippen LogP contribution in [0.1, 0.15) is 18.9 Å². The van der Waals surface area contributed by atoms with Gasteiger partial charge in [0.1, 0.15) is 18.3 Å². The first-order chi connectivity index (χ1) is 15.5. The number of amides is 2. The predicted molar refractivity (Wildman–Crippen MR) is 130 cm³/mol. The Morgan fingerprint density at radius 3 is 2.24 bits per heavy atom. The number of anilines is 1. The van der Waals surface area contributed by atoms with E-state index in [0.717, 1.165) is 10.6 Å². The minimum Gasteiger partial charge on any atom is -0.497 e. The van der Waals surface area contributed by atoms with Crippen LogP contribution in [0.4, 0.5) is 5.69 Å². The molecule has 1 N–H and O–H groups in total. The van der Waals surface area contributed by atoms with Crippen LogP contribution in [0, 0.1) is 0 Å². The van der Waals surface area contributed by atoms with Crippen molar-refractivity contribution in [3.8, 4) is 5.75 Å². The van der Waals surface area contributed by atoms with Crippen LogP contribution in [0.25, 0.3) is 0 Å². The Bertz CT molecular complexity index is 1090. The summed E-state index contributed by atoms with van der Waals surface area (Å²) in [4.78, 5) is 27.3. The van der Waals surface area contributed by atoms with Gasteiger partial charge in [0.2, 0.25) is 21.8 Å². The van der Waals surface area contributed by atoms with Crippen molar-refractivity contribution in [3.05, 3.63) is 58.1 Å². The molecular weight excluding hydrogens is 489 g/mol. The third kappa shape index (κ3) is 6.99. The molecule has 0 aliphatic carbocycles. The minimum atomic E-state index is -3.81. The molecule has 2 aromatic carbocycles. The highest BCUT2D eigenvalue weighted by Gasteiger charge is 2.31. The number of hydrogen-bond acceptors (Lipinski definition) is 5. The number of rotatable bonds is 10. The van der Waals surface area contributed by atoms with E-state index in [4.69, 9.17) is 27.9 Å². The molecule has 0 aromatic heterocycles. The zero-order chi connectivity index (χ0) is 24.8. The average molecular weight is 516 g/mol. The van der Waals surface area contributed by atoms with Gasteiger partial charge in [-0.1, -0.05) is 36.2 Å². The molecule has 8 nitrogen and oxygen atoms in total. The highest BCUT2D eigenvalue weighted by Crippen LogP contribution is 2.25. The molecule has 2 rings (SSSR count). The van der Waals surface area contributed by atoms with E-state index >= 15 is 0 Å². The summed E-state index contributed by atoms with van der Waals surface area (Å²) in [5, 5.41) is 3.32. The van der Waals surface area contributed by atoms with E-state index in [0.29, 0.717) is 33.5 Å². The predicted octanol–water partition coefficient (Wildman–Crippen LogP) is 3.32. The van der Waals surface area contributed by atoms with Crippen molar-refractivity contribution >= 4 is 50.7 Å². The Hall–Kier alpha value is -2.49. The quantitative estimate of drug-likeness (QED) is 0.523. The Morgan fingerprint density at radius 2 is 1.76 bits per heavy atom. The average Bonchev–Trinajstić information content (AvgIpc) is 2.77. The van der Waals surface area contributed by atoms with Crippen LogP contribution in [0.2, 0.25) is 10.0 Å². The first kappa shape index (κ1) is 26.8. The summed E-state index contributed by atoms with van der Waals surface area (Å²) in [7, 11) is -0.838. The highest BCUT2D eigenvalue weighted by atomic mass is 35.5. The van der Waals surface area contributed by atoms with Crippen LogP contribution in [0.3, 0.4) is 0 Å². The molecule has 180 valence electrons. The largest absolute Gasteiger partial charge is 0.497 e. The molecule has 0 aliphatic rings. The maximum absolute atomic E-state index is 13.4. The van der Waals surface area contributed by atoms with E-state index < -0.39 is 28.5 Å². The summed E-state index contributed by atoms with van der Waals surface area (Å²) < 4.78 is 31.2. The van der Waals surface area contributed by atoms with Crippen molar-refractivity contribution in [2.75, 3.05) is 31.3 Å². The zero-order valence-electron chi connectivity index (χ0n) is 18.8. The van der Waals surface area contributed by atoms with Crippen LogP contribution in [-0.4, -0.2) is 58.1 Å². The molecule has 0 heterocycles. The number of carbonyl (C=O) groups is 2. The fraction of sp³-hybridized carbons (Fsp3) is 0.364. The minimum absolute atomic E-state index is 0.000969. The summed E-state index contributed by atoms with van der Waals surface area (Å²) in [6.07, 6.45) is 1.33. The van der Waals surface area contributed by atoms with E-state index in [1.807, 2.05) is 0 Å². The van der Waals surface area contributed by atoms with Crippen LogP contribution < -0.4 is 14.4 Å². The van der Waals surface area contributed by atoms with Gasteiger partial charge in [-0.2, -0.15) is 0 Å². The molecule has 0 unspecified atom stereocenters. The number of likely N-dealkylation sites (N-methyl/N-ethyl adjacent to an activating group) is 1. The van der Waals surface area contributed by atoms with Crippen LogP contribution in [-0.2, 0) is 26.2 Å². The third-order valence-corrected chi connectivity index (χ3v) is 6.76. The number of nitrogens with one attached hydrogen (secondary N) is 1. The normalized spacial score (nSPS) is 12.1. The van der Waals surface area contributed by atoms with Crippen molar-refractivity contribution in [1.29, 1.82) is 0 Å². The van der Waals surface area contributed by atoms with Crippen molar-refractivity contribution in [1.82, 2.24) is 10.2 Å². The fourth-order valence-electron chi connectivity index (χ4n) is 3.28. The maximum Gasteiger partial charge on any atom is 0.244 e. The Labute approximate surface area is 204 Å². The van der Waals surface area contributed by atoms with Gasteiger partial charge in [-0.05, 0) is 48.4 Å². The molecule has 2 amide bonds. The van der Waals surface area contributed by atoms with Gasteiger partial charge >= 0.3 is 0 Å². The first-order valence-corrected chi connectivity index (χ1v) is 12.7. The van der Waals surface area contributed by atoms with Gasteiger partial charge in [0.05, 0.1) is 19.1 Å². The van der Waals surface area contributed by atoms with E-state index in [2.05, 4.69) is 5.32 Å². The monoisotopic (exact) mass is 515 g/mol. The van der Waals surface area contributed by atoms with E-state index in [9.17, 15) is 18.0 Å². The molecule has 11 heteroatoms. The van der Waals surface area contributed by atoms with Gasteiger partial charge in [-0.25, -0.2) is 8.42 Å². The number of methoxy groups -OCH3 is 1. The van der Waals surface area contributed by atoms with Gasteiger partial charge in [0.25, 0.3) is 0 Å². The Balaban J connectivity index is 2.44. The van der Waals surface area contributed by atoms with Gasteiger partial charge in [0, 0.05) is 23.6 Å². The van der Waals surface area contributed by atoms with Gasteiger partial charge < -0.3 is 15.0 Å². The molecule has 0 aliphatic heterocycles. The summed E-state index contributed by atoms with van der Waals surface area (Å²) in [5.74, 6) is -0.382. The number of ether oxygens (including phenoxy) is 1. The van der Waals surface area contributed by atoms with E-state index in [1.165, 1.54) is 19.1 Å². The summed E-state index contributed by atoms with van der Waals surface area (Å²) in [5.41, 5.74) is 0.872. The molecule has 0 fully saturated rings. The van der Waals surface area contributed by atoms with E-state index in [-0.39, 0.29) is 12.5 Å². The molecule has 0 saturated heterocycles. The second-order valence-corrected chi connectivity index (χ2v) is 10.0. The lowest BCUT2D eigenvalue weighted by atomic mass is 10.1. The van der Waals surface area contributed by atoms with Gasteiger partial charge in [-0.15, -0.1) is 0 Å². The molecule has 33 heavy (non-hydrogen) atoms. The molecule has 0 spiro atoms. The number of halogens is 2. The third-order valence-electron chi connectivity index (χ3n) is 5.03. The van der Waals surface area contributed by atoms with Gasteiger partial charge in [0.15, 0.2) is 0 Å². The number of carbonyl (C=O) groups excluding carboxylic acids is 2. The second kappa shape index (κ2) is 11.6. The Kier molecular flexibility index (Phi) is 9.39. The molecule has 1 atom stereocenters. The van der Waals surface area contributed by atoms with Crippen molar-refractivity contribution in [3.63, 3.8) is 0 Å². The smallest absolute Gasteiger partial charge is 0.244 e. The zero-order valence-corrected chi connectivity index (χ0v) is 21.2. The molecule has 2 aromatic rings. The first-order valence-electron chi connectivity index (χ1n) is 10.1. The molecule has 0 bridgehead atoms. The van der Waals surface area contributed by atoms with Crippen LogP contribution in [0.15, 0.2) is 42.5 Å². The summed E-state index contributed by atoms with van der Waals surface area (Å²) in [6, 6.07) is 10.3. The summed E-state index contributed by atoms with van der Waals surface area (Å²) >= 11 is 12.3. The topological polar surface area (TPSA) is 96.0 Å². The number of benzene rings is 2. The Morgan fingerprint density at radius 1 is 1.12 bits per heavy atom. The molecule has 0 saturated carbocycles. The van der Waals surface area contributed by atoms with Gasteiger partial charge in [-0.3, -0.25) is 13.9 Å². The molecular formula is C22H27Cl2N3O5S. The number of nitrogens with zero attached hydrogens (tertiary/aromatic N) is 2. The number of sulfonamides is 1. The number of hydrogen-bond donors (Lipinski definition) is 1. The van der Waals surface area contributed by atoms with Crippen molar-refractivity contribution < 1.29 is 22.7 Å². The lowest BCUT2D eigenvalue weighted by Gasteiger charge is -2.32. The lowest BCUT2D eigenvalue weighted by molar-refractivity contribution is -0.140. The summed E-state index contributed by atoms with van der Waals surface area (Å²) in [6.45, 7) is 1.27. The van der Waals surface area contributed by atoms with Crippen LogP contribution in [0.5, 0.6) is 5.75 Å². The lowest BCUT2D eigenvalue weighted by Crippen LogP contribution is -2.51. The second-order valence-electron chi connectivity index (χ2n) is 7.26. The maximum atomic E-state index is 13.4. The van der Waals surface area contributed by atoms with Crippen LogP contribution >= 0.6 is 23.2 Å². The SMILES string of the molecule is CC[C@@H](C(=O)NC)N(Cc1ccc(Cl)cc1Cl)C(=O)CN(c1ccc(OC)cc1)S(C)(=O)=O. The fourth-order valence-corrected chi connectivity index (χ4v) is 4.60. The molecule has 0 radical (unpaired) electrons.